The molecule has 0 saturated carbocycles. The Balaban J connectivity index is 2.01. The standard InChI is InChI=1S/C14H27NO2/c1-12(2)7-5-3-4-6-8-15-10-13(11-16)9-14(15)17/h12-13,16H,3-11H2,1-2H3. The van der Waals surface area contributed by atoms with E-state index < -0.39 is 0 Å². The third-order valence-corrected chi connectivity index (χ3v) is 3.51. The first-order valence-corrected chi connectivity index (χ1v) is 7.02. The molecule has 0 aromatic heterocycles. The van der Waals surface area contributed by atoms with Gasteiger partial charge in [0.1, 0.15) is 0 Å². The molecule has 3 heteroatoms. The first-order chi connectivity index (χ1) is 8.13. The van der Waals surface area contributed by atoms with Gasteiger partial charge < -0.3 is 10.0 Å². The molecule has 1 aliphatic rings. The van der Waals surface area contributed by atoms with Crippen LogP contribution in [0.3, 0.4) is 0 Å². The summed E-state index contributed by atoms with van der Waals surface area (Å²) in [5.41, 5.74) is 0. The average Bonchev–Trinajstić information content (AvgIpc) is 2.64. The third-order valence-electron chi connectivity index (χ3n) is 3.51. The molecule has 0 aliphatic carbocycles. The van der Waals surface area contributed by atoms with Gasteiger partial charge in [-0.3, -0.25) is 4.79 Å². The molecule has 1 fully saturated rings. The van der Waals surface area contributed by atoms with Crippen LogP contribution in [0, 0.1) is 11.8 Å². The summed E-state index contributed by atoms with van der Waals surface area (Å²) in [6.45, 7) is 6.32. The van der Waals surface area contributed by atoms with Gasteiger partial charge in [-0.1, -0.05) is 39.5 Å². The van der Waals surface area contributed by atoms with E-state index in [1.807, 2.05) is 4.90 Å². The molecule has 0 aromatic rings. The fourth-order valence-corrected chi connectivity index (χ4v) is 2.40. The second-order valence-electron chi connectivity index (χ2n) is 5.69. The van der Waals surface area contributed by atoms with Crippen LogP contribution in [0.4, 0.5) is 0 Å². The lowest BCUT2D eigenvalue weighted by molar-refractivity contribution is -0.127. The van der Waals surface area contributed by atoms with E-state index in [1.54, 1.807) is 0 Å². The Bertz CT molecular complexity index is 228. The summed E-state index contributed by atoms with van der Waals surface area (Å²) in [4.78, 5) is 13.5. The second kappa shape index (κ2) is 7.70. The number of hydrogen-bond donors (Lipinski definition) is 1. The summed E-state index contributed by atoms with van der Waals surface area (Å²) in [6.07, 6.45) is 6.79. The highest BCUT2D eigenvalue weighted by Crippen LogP contribution is 2.18. The van der Waals surface area contributed by atoms with Crippen molar-refractivity contribution in [2.75, 3.05) is 19.7 Å². The van der Waals surface area contributed by atoms with E-state index in [2.05, 4.69) is 13.8 Å². The Kier molecular flexibility index (Phi) is 6.56. The zero-order valence-corrected chi connectivity index (χ0v) is 11.3. The number of unbranched alkanes of at least 4 members (excludes halogenated alkanes) is 3. The second-order valence-corrected chi connectivity index (χ2v) is 5.69. The van der Waals surface area contributed by atoms with Crippen LogP contribution in [-0.2, 0) is 4.79 Å². The molecule has 1 rings (SSSR count). The summed E-state index contributed by atoms with van der Waals surface area (Å²) in [5.74, 6) is 1.22. The van der Waals surface area contributed by atoms with Crippen LogP contribution in [-0.4, -0.2) is 35.6 Å². The summed E-state index contributed by atoms with van der Waals surface area (Å²) < 4.78 is 0. The van der Waals surface area contributed by atoms with Crippen LogP contribution in [0.2, 0.25) is 0 Å². The highest BCUT2D eigenvalue weighted by molar-refractivity contribution is 5.78. The minimum atomic E-state index is 0.149. The summed E-state index contributed by atoms with van der Waals surface area (Å²) in [7, 11) is 0. The highest BCUT2D eigenvalue weighted by atomic mass is 16.3. The summed E-state index contributed by atoms with van der Waals surface area (Å²) in [5, 5.41) is 9.02. The van der Waals surface area contributed by atoms with Gasteiger partial charge in [0.2, 0.25) is 5.91 Å². The summed E-state index contributed by atoms with van der Waals surface area (Å²) >= 11 is 0. The van der Waals surface area contributed by atoms with Gasteiger partial charge in [0.25, 0.3) is 0 Å². The van der Waals surface area contributed by atoms with Crippen molar-refractivity contribution in [3.05, 3.63) is 0 Å². The van der Waals surface area contributed by atoms with Crippen LogP contribution in [0.15, 0.2) is 0 Å². The molecule has 1 aliphatic heterocycles. The summed E-state index contributed by atoms with van der Waals surface area (Å²) in [6, 6.07) is 0. The normalized spacial score (nSPS) is 20.6. The lowest BCUT2D eigenvalue weighted by atomic mass is 10.0. The van der Waals surface area contributed by atoms with Crippen LogP contribution >= 0.6 is 0 Å². The van der Waals surface area contributed by atoms with Crippen molar-refractivity contribution in [1.82, 2.24) is 4.90 Å². The lowest BCUT2D eigenvalue weighted by Crippen LogP contribution is -2.26. The number of carbonyl (C=O) groups excluding carboxylic acids is 1. The molecule has 1 atom stereocenters. The van der Waals surface area contributed by atoms with Crippen molar-refractivity contribution in [2.24, 2.45) is 11.8 Å². The van der Waals surface area contributed by atoms with Gasteiger partial charge >= 0.3 is 0 Å². The van der Waals surface area contributed by atoms with Crippen molar-refractivity contribution in [3.8, 4) is 0 Å². The molecule has 1 amide bonds. The van der Waals surface area contributed by atoms with E-state index in [1.165, 1.54) is 25.7 Å². The van der Waals surface area contributed by atoms with E-state index in [4.69, 9.17) is 5.11 Å². The SMILES string of the molecule is CC(C)CCCCCCN1CC(CO)CC1=O. The maximum absolute atomic E-state index is 11.6. The molecule has 0 radical (unpaired) electrons. The van der Waals surface area contributed by atoms with Crippen molar-refractivity contribution in [3.63, 3.8) is 0 Å². The number of likely N-dealkylation sites (tertiary alicyclic amines) is 1. The molecule has 1 unspecified atom stereocenters. The van der Waals surface area contributed by atoms with Crippen molar-refractivity contribution in [1.29, 1.82) is 0 Å². The van der Waals surface area contributed by atoms with Crippen LogP contribution in [0.5, 0.6) is 0 Å². The molecule has 0 bridgehead atoms. The molecule has 1 N–H and O–H groups in total. The van der Waals surface area contributed by atoms with Crippen LogP contribution in [0.1, 0.15) is 52.4 Å². The Morgan fingerprint density at radius 3 is 2.59 bits per heavy atom. The average molecular weight is 241 g/mol. The zero-order chi connectivity index (χ0) is 12.7. The molecular formula is C14H27NO2. The van der Waals surface area contributed by atoms with E-state index >= 15 is 0 Å². The Labute approximate surface area is 105 Å². The molecular weight excluding hydrogens is 214 g/mol. The van der Waals surface area contributed by atoms with Crippen molar-refractivity contribution >= 4 is 5.91 Å². The van der Waals surface area contributed by atoms with Crippen molar-refractivity contribution in [2.45, 2.75) is 52.4 Å². The Morgan fingerprint density at radius 2 is 2.00 bits per heavy atom. The first-order valence-electron chi connectivity index (χ1n) is 7.02. The predicted molar refractivity (Wildman–Crippen MR) is 69.7 cm³/mol. The Hall–Kier alpha value is -0.570. The van der Waals surface area contributed by atoms with Crippen LogP contribution in [0.25, 0.3) is 0 Å². The number of amides is 1. The maximum atomic E-state index is 11.6. The molecule has 0 aromatic carbocycles. The van der Waals surface area contributed by atoms with Gasteiger partial charge in [-0.05, 0) is 12.3 Å². The maximum Gasteiger partial charge on any atom is 0.223 e. The predicted octanol–water partition coefficient (Wildman–Crippen LogP) is 2.43. The minimum Gasteiger partial charge on any atom is -0.396 e. The number of aliphatic hydroxyl groups is 1. The van der Waals surface area contributed by atoms with Gasteiger partial charge in [0.05, 0.1) is 0 Å². The number of rotatable bonds is 8. The quantitative estimate of drug-likeness (QED) is 0.663. The molecule has 1 heterocycles. The zero-order valence-electron chi connectivity index (χ0n) is 11.3. The van der Waals surface area contributed by atoms with Crippen LogP contribution < -0.4 is 0 Å². The minimum absolute atomic E-state index is 0.149. The van der Waals surface area contributed by atoms with E-state index in [9.17, 15) is 4.79 Å². The van der Waals surface area contributed by atoms with Gasteiger partial charge in [-0.2, -0.15) is 0 Å². The smallest absolute Gasteiger partial charge is 0.223 e. The van der Waals surface area contributed by atoms with E-state index in [0.717, 1.165) is 25.4 Å². The Morgan fingerprint density at radius 1 is 1.29 bits per heavy atom. The highest BCUT2D eigenvalue weighted by Gasteiger charge is 2.28. The van der Waals surface area contributed by atoms with Gasteiger partial charge in [0, 0.05) is 32.0 Å². The number of aliphatic hydroxyl groups excluding tert-OH is 1. The molecule has 17 heavy (non-hydrogen) atoms. The molecule has 3 nitrogen and oxygen atoms in total. The third kappa shape index (κ3) is 5.53. The van der Waals surface area contributed by atoms with Gasteiger partial charge in [0.15, 0.2) is 0 Å². The fraction of sp³-hybridized carbons (Fsp3) is 0.929. The topological polar surface area (TPSA) is 40.5 Å². The molecule has 1 saturated heterocycles. The first kappa shape index (κ1) is 14.5. The molecule has 100 valence electrons. The van der Waals surface area contributed by atoms with Gasteiger partial charge in [-0.25, -0.2) is 0 Å². The largest absolute Gasteiger partial charge is 0.396 e. The van der Waals surface area contributed by atoms with E-state index in [0.29, 0.717) is 6.42 Å². The lowest BCUT2D eigenvalue weighted by Gasteiger charge is -2.16. The fourth-order valence-electron chi connectivity index (χ4n) is 2.40. The molecule has 0 spiro atoms. The number of carbonyl (C=O) groups is 1. The number of nitrogens with zero attached hydrogens (tertiary/aromatic N) is 1. The van der Waals surface area contributed by atoms with E-state index in [-0.39, 0.29) is 18.4 Å². The van der Waals surface area contributed by atoms with Gasteiger partial charge in [-0.15, -0.1) is 0 Å². The monoisotopic (exact) mass is 241 g/mol. The number of hydrogen-bond acceptors (Lipinski definition) is 2. The van der Waals surface area contributed by atoms with Crippen molar-refractivity contribution < 1.29 is 9.90 Å².